The summed E-state index contributed by atoms with van der Waals surface area (Å²) in [5.74, 6) is -0.810. The van der Waals surface area contributed by atoms with Gasteiger partial charge in [0.1, 0.15) is 17.3 Å². The maximum Gasteiger partial charge on any atom is 0.387 e. The third-order valence-electron chi connectivity index (χ3n) is 4.53. The summed E-state index contributed by atoms with van der Waals surface area (Å²) >= 11 is 1.32. The van der Waals surface area contributed by atoms with Gasteiger partial charge in [0.25, 0.3) is 5.56 Å². The van der Waals surface area contributed by atoms with Gasteiger partial charge in [-0.1, -0.05) is 30.3 Å². The van der Waals surface area contributed by atoms with Crippen molar-refractivity contribution in [3.63, 3.8) is 0 Å². The first kappa shape index (κ1) is 21.4. The van der Waals surface area contributed by atoms with E-state index in [9.17, 15) is 18.4 Å². The molecule has 0 aliphatic heterocycles. The first-order valence-corrected chi connectivity index (χ1v) is 10.2. The SMILES string of the molecule is COc1cc(C(=O)OCc2nc3scc(-c4ccccc4)c3c(=O)[nH]2)ccc1OC(F)F. The van der Waals surface area contributed by atoms with Crippen LogP contribution in [0.4, 0.5) is 8.78 Å². The number of hydrogen-bond donors (Lipinski definition) is 1. The minimum Gasteiger partial charge on any atom is -0.493 e. The Kier molecular flexibility index (Phi) is 6.13. The van der Waals surface area contributed by atoms with E-state index in [2.05, 4.69) is 14.7 Å². The zero-order valence-electron chi connectivity index (χ0n) is 16.6. The van der Waals surface area contributed by atoms with E-state index in [0.717, 1.165) is 11.1 Å². The normalized spacial score (nSPS) is 11.0. The summed E-state index contributed by atoms with van der Waals surface area (Å²) in [5, 5.41) is 2.32. The van der Waals surface area contributed by atoms with Gasteiger partial charge in [-0.2, -0.15) is 8.78 Å². The molecule has 0 spiro atoms. The Morgan fingerprint density at radius 3 is 2.66 bits per heavy atom. The third-order valence-corrected chi connectivity index (χ3v) is 5.41. The molecule has 0 saturated carbocycles. The van der Waals surface area contributed by atoms with Gasteiger partial charge in [0, 0.05) is 10.9 Å². The van der Waals surface area contributed by atoms with Crippen LogP contribution in [0.1, 0.15) is 16.2 Å². The zero-order valence-corrected chi connectivity index (χ0v) is 17.4. The molecule has 0 aliphatic rings. The first-order chi connectivity index (χ1) is 15.5. The molecule has 7 nitrogen and oxygen atoms in total. The minimum absolute atomic E-state index is 0.0419. The number of fused-ring (bicyclic) bond motifs is 1. The highest BCUT2D eigenvalue weighted by atomic mass is 32.1. The van der Waals surface area contributed by atoms with Crippen molar-refractivity contribution in [2.45, 2.75) is 13.2 Å². The number of rotatable bonds is 7. The summed E-state index contributed by atoms with van der Waals surface area (Å²) in [6.07, 6.45) is 0. The summed E-state index contributed by atoms with van der Waals surface area (Å²) in [5.41, 5.74) is 1.41. The molecule has 4 aromatic rings. The fraction of sp³-hybridized carbons (Fsp3) is 0.136. The maximum atomic E-state index is 12.7. The number of esters is 1. The number of carbonyl (C=O) groups is 1. The second-order valence-electron chi connectivity index (χ2n) is 6.53. The maximum absolute atomic E-state index is 12.7. The van der Waals surface area contributed by atoms with Gasteiger partial charge in [-0.05, 0) is 23.8 Å². The predicted octanol–water partition coefficient (Wildman–Crippen LogP) is 4.62. The van der Waals surface area contributed by atoms with E-state index < -0.39 is 12.6 Å². The summed E-state index contributed by atoms with van der Waals surface area (Å²) in [6.45, 7) is -3.31. The van der Waals surface area contributed by atoms with Crippen LogP contribution in [-0.4, -0.2) is 29.7 Å². The lowest BCUT2D eigenvalue weighted by Crippen LogP contribution is -2.14. The number of alkyl halides is 2. The highest BCUT2D eigenvalue weighted by Gasteiger charge is 2.17. The Morgan fingerprint density at radius 1 is 1.16 bits per heavy atom. The van der Waals surface area contributed by atoms with Gasteiger partial charge in [0.05, 0.1) is 18.1 Å². The van der Waals surface area contributed by atoms with Crippen LogP contribution in [0.15, 0.2) is 58.7 Å². The van der Waals surface area contributed by atoms with E-state index in [0.29, 0.717) is 10.2 Å². The molecule has 0 bridgehead atoms. The van der Waals surface area contributed by atoms with Crippen molar-refractivity contribution in [2.24, 2.45) is 0 Å². The standard InChI is InChI=1S/C22H16F2N2O5S/c1-29-16-9-13(7-8-15(16)31-22(23)24)21(28)30-10-17-25-19(27)18-14(11-32-20(18)26-17)12-5-3-2-4-6-12/h2-9,11,22H,10H2,1H3,(H,25,26,27). The Bertz CT molecular complexity index is 1320. The van der Waals surface area contributed by atoms with Crippen LogP contribution in [-0.2, 0) is 11.3 Å². The molecule has 10 heteroatoms. The van der Waals surface area contributed by atoms with Crippen LogP contribution >= 0.6 is 11.3 Å². The Hall–Kier alpha value is -3.79. The van der Waals surface area contributed by atoms with Crippen LogP contribution in [0, 0.1) is 0 Å². The second kappa shape index (κ2) is 9.15. The van der Waals surface area contributed by atoms with Crippen molar-refractivity contribution in [2.75, 3.05) is 7.11 Å². The van der Waals surface area contributed by atoms with Gasteiger partial charge in [-0.3, -0.25) is 4.79 Å². The average molecular weight is 458 g/mol. The molecule has 0 unspecified atom stereocenters. The van der Waals surface area contributed by atoms with E-state index in [1.807, 2.05) is 35.7 Å². The van der Waals surface area contributed by atoms with E-state index in [-0.39, 0.29) is 35.1 Å². The van der Waals surface area contributed by atoms with Gasteiger partial charge in [0.2, 0.25) is 0 Å². The Morgan fingerprint density at radius 2 is 1.94 bits per heavy atom. The lowest BCUT2D eigenvalue weighted by atomic mass is 10.1. The van der Waals surface area contributed by atoms with E-state index in [4.69, 9.17) is 9.47 Å². The van der Waals surface area contributed by atoms with Crippen LogP contribution in [0.3, 0.4) is 0 Å². The Labute approximate surface area is 184 Å². The number of aromatic nitrogens is 2. The fourth-order valence-corrected chi connectivity index (χ4v) is 4.06. The quantitative estimate of drug-likeness (QED) is 0.407. The van der Waals surface area contributed by atoms with Gasteiger partial charge < -0.3 is 19.2 Å². The van der Waals surface area contributed by atoms with Gasteiger partial charge >= 0.3 is 12.6 Å². The van der Waals surface area contributed by atoms with Crippen LogP contribution in [0.2, 0.25) is 0 Å². The molecule has 2 aromatic carbocycles. The van der Waals surface area contributed by atoms with Crippen LogP contribution < -0.4 is 15.0 Å². The molecule has 0 fully saturated rings. The lowest BCUT2D eigenvalue weighted by Gasteiger charge is -2.11. The number of nitrogens with one attached hydrogen (secondary N) is 1. The second-order valence-corrected chi connectivity index (χ2v) is 7.39. The van der Waals surface area contributed by atoms with Crippen molar-refractivity contribution in [3.05, 3.63) is 75.7 Å². The van der Waals surface area contributed by atoms with E-state index >= 15 is 0 Å². The first-order valence-electron chi connectivity index (χ1n) is 9.32. The van der Waals surface area contributed by atoms with Crippen molar-refractivity contribution >= 4 is 27.5 Å². The molecule has 0 atom stereocenters. The van der Waals surface area contributed by atoms with E-state index in [1.165, 1.54) is 36.6 Å². The van der Waals surface area contributed by atoms with Crippen molar-refractivity contribution in [1.82, 2.24) is 9.97 Å². The lowest BCUT2D eigenvalue weighted by molar-refractivity contribution is -0.0512. The number of H-pyrrole nitrogens is 1. The molecular formula is C22H16F2N2O5S. The molecule has 164 valence electrons. The number of halogens is 2. The fourth-order valence-electron chi connectivity index (χ4n) is 3.10. The summed E-state index contributed by atoms with van der Waals surface area (Å²) < 4.78 is 39.4. The molecule has 0 aliphatic carbocycles. The molecule has 4 rings (SSSR count). The number of methoxy groups -OCH3 is 1. The molecule has 0 radical (unpaired) electrons. The number of aromatic amines is 1. The highest BCUT2D eigenvalue weighted by Crippen LogP contribution is 2.31. The molecule has 2 aromatic heterocycles. The van der Waals surface area contributed by atoms with Gasteiger partial charge in [-0.15, -0.1) is 11.3 Å². The smallest absolute Gasteiger partial charge is 0.387 e. The number of ether oxygens (including phenoxy) is 3. The summed E-state index contributed by atoms with van der Waals surface area (Å²) in [6, 6.07) is 13.2. The Balaban J connectivity index is 1.52. The third kappa shape index (κ3) is 4.45. The molecule has 0 saturated heterocycles. The molecule has 1 N–H and O–H groups in total. The topological polar surface area (TPSA) is 90.5 Å². The minimum atomic E-state index is -3.03. The summed E-state index contributed by atoms with van der Waals surface area (Å²) in [4.78, 5) is 32.6. The zero-order chi connectivity index (χ0) is 22.7. The monoisotopic (exact) mass is 458 g/mol. The molecule has 0 amide bonds. The number of benzene rings is 2. The van der Waals surface area contributed by atoms with Crippen molar-refractivity contribution < 1.29 is 27.8 Å². The van der Waals surface area contributed by atoms with Crippen LogP contribution in [0.25, 0.3) is 21.3 Å². The molecule has 32 heavy (non-hydrogen) atoms. The van der Waals surface area contributed by atoms with Crippen molar-refractivity contribution in [1.29, 1.82) is 0 Å². The average Bonchev–Trinajstić information content (AvgIpc) is 3.22. The largest absolute Gasteiger partial charge is 0.493 e. The predicted molar refractivity (Wildman–Crippen MR) is 114 cm³/mol. The van der Waals surface area contributed by atoms with Crippen molar-refractivity contribution in [3.8, 4) is 22.6 Å². The number of hydrogen-bond acceptors (Lipinski definition) is 7. The van der Waals surface area contributed by atoms with E-state index in [1.54, 1.807) is 0 Å². The number of carbonyl (C=O) groups excluding carboxylic acids is 1. The molecular weight excluding hydrogens is 442 g/mol. The highest BCUT2D eigenvalue weighted by molar-refractivity contribution is 7.17. The number of nitrogens with zero attached hydrogens (tertiary/aromatic N) is 1. The van der Waals surface area contributed by atoms with Gasteiger partial charge in [0.15, 0.2) is 11.5 Å². The van der Waals surface area contributed by atoms with Crippen LogP contribution in [0.5, 0.6) is 11.5 Å². The molecule has 2 heterocycles. The van der Waals surface area contributed by atoms with Gasteiger partial charge in [-0.25, -0.2) is 9.78 Å². The number of thiophene rings is 1. The summed E-state index contributed by atoms with van der Waals surface area (Å²) in [7, 11) is 1.26.